The maximum atomic E-state index is 11.4. The number of fused-ring (bicyclic) bond motifs is 4. The summed E-state index contributed by atoms with van der Waals surface area (Å²) in [5.74, 6) is 1.14. The summed E-state index contributed by atoms with van der Waals surface area (Å²) in [6.45, 7) is 4.11. The van der Waals surface area contributed by atoms with Crippen molar-refractivity contribution in [1.29, 1.82) is 0 Å². The molecule has 2 bridgehead atoms. The number of pyridine rings is 1. The van der Waals surface area contributed by atoms with Crippen LogP contribution >= 0.6 is 0 Å². The van der Waals surface area contributed by atoms with Gasteiger partial charge in [0.15, 0.2) is 0 Å². The fraction of sp³-hybridized carbons (Fsp3) is 0.594. The monoisotopic (exact) mass is 511 g/mol. The number of aliphatic hydroxyl groups is 2. The third-order valence-electron chi connectivity index (χ3n) is 12.5. The molecule has 198 valence electrons. The first-order valence-electron chi connectivity index (χ1n) is 14.6. The van der Waals surface area contributed by atoms with Crippen LogP contribution in [0.4, 0.5) is 0 Å². The molecular weight excluding hydrogens is 474 g/mol. The first-order chi connectivity index (χ1) is 18.3. The normalized spacial score (nSPS) is 48.9. The molecule has 1 aromatic heterocycles. The smallest absolute Gasteiger partial charge is 0.105 e. The van der Waals surface area contributed by atoms with Crippen LogP contribution in [0.3, 0.4) is 0 Å². The number of hydrogen-bond donors (Lipinski definition) is 3. The number of aliphatic hydroxyl groups excluding tert-OH is 2. The number of nitrogens with two attached hydrogens (primary N) is 1. The lowest BCUT2D eigenvalue weighted by atomic mass is 9.55. The number of ether oxygens (including phenoxy) is 1. The van der Waals surface area contributed by atoms with Crippen LogP contribution in [0.1, 0.15) is 51.0 Å². The largest absolute Gasteiger partial charge is 0.388 e. The molecule has 2 aromatic rings. The van der Waals surface area contributed by atoms with Gasteiger partial charge in [0, 0.05) is 48.4 Å². The highest BCUT2D eigenvalue weighted by Gasteiger charge is 2.78. The van der Waals surface area contributed by atoms with Gasteiger partial charge in [-0.3, -0.25) is 9.88 Å². The molecule has 9 atom stereocenters. The van der Waals surface area contributed by atoms with Gasteiger partial charge in [-0.25, -0.2) is 0 Å². The quantitative estimate of drug-likeness (QED) is 0.574. The van der Waals surface area contributed by atoms with Crippen molar-refractivity contribution in [3.63, 3.8) is 0 Å². The number of likely N-dealkylation sites (tertiary alicyclic amines) is 1. The van der Waals surface area contributed by atoms with Gasteiger partial charge in [-0.05, 0) is 90.0 Å². The fourth-order valence-electron chi connectivity index (χ4n) is 10.5. The van der Waals surface area contributed by atoms with Crippen molar-refractivity contribution in [3.8, 4) is 0 Å². The highest BCUT2D eigenvalue weighted by molar-refractivity contribution is 5.82. The van der Waals surface area contributed by atoms with Crippen LogP contribution in [0.5, 0.6) is 0 Å². The Kier molecular flexibility index (Phi) is 4.16. The van der Waals surface area contributed by atoms with Gasteiger partial charge in [0.1, 0.15) is 6.10 Å². The molecule has 2 spiro atoms. The molecule has 0 amide bonds. The van der Waals surface area contributed by atoms with E-state index in [2.05, 4.69) is 53.2 Å². The molecule has 3 aliphatic heterocycles. The minimum Gasteiger partial charge on any atom is -0.388 e. The highest BCUT2D eigenvalue weighted by atomic mass is 16.5. The number of rotatable bonds is 2. The van der Waals surface area contributed by atoms with Gasteiger partial charge in [0.25, 0.3) is 0 Å². The van der Waals surface area contributed by atoms with E-state index in [1.165, 1.54) is 34.8 Å². The molecule has 4 heterocycles. The minimum atomic E-state index is -0.884. The lowest BCUT2D eigenvalue weighted by Gasteiger charge is -2.58. The van der Waals surface area contributed by atoms with Gasteiger partial charge in [0.2, 0.25) is 0 Å². The van der Waals surface area contributed by atoms with Crippen LogP contribution in [-0.2, 0) is 10.2 Å². The number of nitrogens with zero attached hydrogens (tertiary/aromatic N) is 2. The standard InChI is InChI=1S/C32H37N3O3/c1-29-6-4-21-11-24-27(36)28(37)25(35-16-23(33)17-35)14-30(24)7-8-32(21,38-30)26(29)12-22-13-31(22,29)20-3-2-18-5-9-34-15-19(18)10-20/h2-5,9-11,15,22-23,25-28,36-37H,6-8,12-14,16-17,33H2,1H3/t22-,25-,26+,27-,28-,29-,30+,31-,32?/m0/s1. The first kappa shape index (κ1) is 22.7. The van der Waals surface area contributed by atoms with Crippen molar-refractivity contribution in [2.75, 3.05) is 13.1 Å². The fourth-order valence-corrected chi connectivity index (χ4v) is 10.5. The molecule has 3 saturated carbocycles. The molecule has 4 N–H and O–H groups in total. The van der Waals surface area contributed by atoms with Crippen LogP contribution < -0.4 is 5.73 Å². The molecule has 0 radical (unpaired) electrons. The zero-order valence-electron chi connectivity index (χ0n) is 22.0. The van der Waals surface area contributed by atoms with E-state index in [0.717, 1.165) is 44.3 Å². The predicted molar refractivity (Wildman–Crippen MR) is 144 cm³/mol. The van der Waals surface area contributed by atoms with Crippen molar-refractivity contribution in [2.24, 2.45) is 23.0 Å². The molecule has 6 heteroatoms. The summed E-state index contributed by atoms with van der Waals surface area (Å²) >= 11 is 0. The molecular formula is C32H37N3O3. The predicted octanol–water partition coefficient (Wildman–Crippen LogP) is 3.21. The van der Waals surface area contributed by atoms with E-state index in [1.807, 2.05) is 12.4 Å². The second-order valence-corrected chi connectivity index (χ2v) is 13.9. The molecule has 6 nitrogen and oxygen atoms in total. The molecule has 1 aromatic carbocycles. The first-order valence-corrected chi connectivity index (χ1v) is 14.6. The van der Waals surface area contributed by atoms with Crippen LogP contribution in [-0.4, -0.2) is 68.7 Å². The summed E-state index contributed by atoms with van der Waals surface area (Å²) in [7, 11) is 0. The van der Waals surface area contributed by atoms with Gasteiger partial charge >= 0.3 is 0 Å². The Morgan fingerprint density at radius 3 is 2.82 bits per heavy atom. The lowest BCUT2D eigenvalue weighted by molar-refractivity contribution is -0.175. The van der Waals surface area contributed by atoms with Crippen molar-refractivity contribution in [2.45, 2.75) is 86.4 Å². The van der Waals surface area contributed by atoms with Crippen molar-refractivity contribution < 1.29 is 14.9 Å². The molecule has 7 aliphatic rings. The van der Waals surface area contributed by atoms with Gasteiger partial charge in [-0.15, -0.1) is 0 Å². The number of hydrogen-bond acceptors (Lipinski definition) is 6. The van der Waals surface area contributed by atoms with Gasteiger partial charge in [0.05, 0.1) is 17.3 Å². The molecule has 38 heavy (non-hydrogen) atoms. The van der Waals surface area contributed by atoms with E-state index in [0.29, 0.717) is 11.8 Å². The Balaban J connectivity index is 1.12. The van der Waals surface area contributed by atoms with Crippen molar-refractivity contribution >= 4 is 10.8 Å². The van der Waals surface area contributed by atoms with Gasteiger partial charge < -0.3 is 20.7 Å². The highest BCUT2D eigenvalue weighted by Crippen LogP contribution is 2.80. The van der Waals surface area contributed by atoms with Crippen LogP contribution in [0.2, 0.25) is 0 Å². The van der Waals surface area contributed by atoms with E-state index in [1.54, 1.807) is 0 Å². The molecule has 2 saturated heterocycles. The number of benzene rings is 1. The third-order valence-corrected chi connectivity index (χ3v) is 12.5. The molecule has 4 aliphatic carbocycles. The van der Waals surface area contributed by atoms with Crippen LogP contribution in [0, 0.1) is 17.3 Å². The Hall–Kier alpha value is -2.09. The summed E-state index contributed by atoms with van der Waals surface area (Å²) in [6, 6.07) is 9.23. The second-order valence-electron chi connectivity index (χ2n) is 13.9. The maximum absolute atomic E-state index is 11.4. The van der Waals surface area contributed by atoms with Gasteiger partial charge in [-0.2, -0.15) is 0 Å². The van der Waals surface area contributed by atoms with Crippen molar-refractivity contribution in [1.82, 2.24) is 9.88 Å². The van der Waals surface area contributed by atoms with E-state index < -0.39 is 17.8 Å². The number of aromatic nitrogens is 1. The third kappa shape index (κ3) is 2.47. The van der Waals surface area contributed by atoms with E-state index >= 15 is 0 Å². The summed E-state index contributed by atoms with van der Waals surface area (Å²) < 4.78 is 7.40. The Labute approximate surface area is 223 Å². The van der Waals surface area contributed by atoms with E-state index in [4.69, 9.17) is 10.5 Å². The summed E-state index contributed by atoms with van der Waals surface area (Å²) in [5.41, 5.74) is 9.30. The molecule has 1 unspecified atom stereocenters. The average molecular weight is 512 g/mol. The number of allylic oxidation sites excluding steroid dienone is 1. The zero-order chi connectivity index (χ0) is 25.7. The Morgan fingerprint density at radius 1 is 1.11 bits per heavy atom. The summed E-state index contributed by atoms with van der Waals surface area (Å²) in [4.78, 5) is 6.65. The molecule has 5 fully saturated rings. The maximum Gasteiger partial charge on any atom is 0.105 e. The zero-order valence-corrected chi connectivity index (χ0v) is 22.0. The lowest BCUT2D eigenvalue weighted by Crippen LogP contribution is -2.68. The van der Waals surface area contributed by atoms with Crippen molar-refractivity contribution in [3.05, 3.63) is 65.5 Å². The molecule has 9 rings (SSSR count). The van der Waals surface area contributed by atoms with E-state index in [9.17, 15) is 10.2 Å². The average Bonchev–Trinajstić information content (AvgIpc) is 3.49. The topological polar surface area (TPSA) is 91.8 Å². The minimum absolute atomic E-state index is 0.105. The van der Waals surface area contributed by atoms with Crippen LogP contribution in [0.25, 0.3) is 10.8 Å². The Bertz CT molecular complexity index is 1450. The second kappa shape index (κ2) is 6.97. The summed E-state index contributed by atoms with van der Waals surface area (Å²) in [6.07, 6.45) is 13.0. The van der Waals surface area contributed by atoms with E-state index in [-0.39, 0.29) is 28.5 Å². The SMILES string of the molecule is C[C@]12CC=C3C=C4[C@H](O)[C@@H](O)[C@@H](N5CC(N)C5)C[C@]45CCC3(O5)[C@@H]1C[C@H]1C[C@]12c1ccc2ccncc2c1. The Morgan fingerprint density at radius 2 is 1.97 bits per heavy atom. The summed E-state index contributed by atoms with van der Waals surface area (Å²) in [5, 5.41) is 25.0. The van der Waals surface area contributed by atoms with Gasteiger partial charge in [-0.1, -0.05) is 31.2 Å². The van der Waals surface area contributed by atoms with Crippen LogP contribution in [0.15, 0.2) is 60.0 Å².